The zero-order chi connectivity index (χ0) is 34.4. The van der Waals surface area contributed by atoms with Gasteiger partial charge >= 0.3 is 0 Å². The lowest BCUT2D eigenvalue weighted by Crippen LogP contribution is -2.24. The van der Waals surface area contributed by atoms with Crippen molar-refractivity contribution >= 4 is 64.4 Å². The summed E-state index contributed by atoms with van der Waals surface area (Å²) in [5.74, 6) is -1.23. The molecule has 4 aromatic rings. The standard InChI is InChI=1S/C32H24N6O8S2/c1-17-13-19(7-9-23(17)35-37-25-15-27(47(41,42)43)21-5-3-11-33-29(21)31(25)39)20-8-10-24(18(2)14-20)36-38-26-16-28(48(44,45)46)22-6-4-12-34-30(22)32(26)40/h3-16,35-36H,1-2H3,(H,41,42,43)(H,44,45,46)/b37-25-,38-26-. The fourth-order valence-electron chi connectivity index (χ4n) is 5.12. The summed E-state index contributed by atoms with van der Waals surface area (Å²) in [7, 11) is -9.32. The molecule has 4 N–H and O–H groups in total. The second-order valence-electron chi connectivity index (χ2n) is 10.7. The van der Waals surface area contributed by atoms with Crippen molar-refractivity contribution in [3.63, 3.8) is 0 Å². The van der Waals surface area contributed by atoms with Gasteiger partial charge in [0.05, 0.1) is 11.4 Å². The van der Waals surface area contributed by atoms with Crippen LogP contribution in [0.25, 0.3) is 20.9 Å². The second-order valence-corrected chi connectivity index (χ2v) is 13.5. The maximum atomic E-state index is 12.9. The molecule has 0 amide bonds. The molecule has 0 radical (unpaired) electrons. The summed E-state index contributed by atoms with van der Waals surface area (Å²) >= 11 is 0. The number of hydrogen-bond donors (Lipinski definition) is 4. The van der Waals surface area contributed by atoms with Crippen LogP contribution < -0.4 is 10.9 Å². The van der Waals surface area contributed by atoms with E-state index in [0.717, 1.165) is 34.4 Å². The molecule has 2 aromatic heterocycles. The van der Waals surface area contributed by atoms with Crippen LogP contribution in [0.1, 0.15) is 43.2 Å². The molecule has 14 nitrogen and oxygen atoms in total. The molecule has 48 heavy (non-hydrogen) atoms. The van der Waals surface area contributed by atoms with Crippen LogP contribution in [0.2, 0.25) is 0 Å². The third-order valence-corrected chi connectivity index (χ3v) is 9.30. The van der Waals surface area contributed by atoms with Crippen LogP contribution in [0.3, 0.4) is 0 Å². The van der Waals surface area contributed by atoms with Gasteiger partial charge in [-0.3, -0.25) is 39.5 Å². The molecule has 2 heterocycles. The number of carbonyl (C=O) groups is 2. The van der Waals surface area contributed by atoms with Crippen LogP contribution in [0.4, 0.5) is 11.4 Å². The molecule has 0 fully saturated rings. The number of aromatic nitrogens is 2. The zero-order valence-corrected chi connectivity index (χ0v) is 26.7. The predicted octanol–water partition coefficient (Wildman–Crippen LogP) is 4.55. The Morgan fingerprint density at radius 2 is 1.02 bits per heavy atom. The Balaban J connectivity index is 1.22. The molecule has 2 aliphatic carbocycles. The number of rotatable bonds is 7. The van der Waals surface area contributed by atoms with Gasteiger partial charge in [0, 0.05) is 23.5 Å². The maximum absolute atomic E-state index is 12.9. The van der Waals surface area contributed by atoms with E-state index in [1.54, 1.807) is 12.1 Å². The number of aryl methyl sites for hydroxylation is 2. The molecule has 2 aliphatic rings. The second kappa shape index (κ2) is 12.2. The van der Waals surface area contributed by atoms with Gasteiger partial charge in [0.25, 0.3) is 20.2 Å². The van der Waals surface area contributed by atoms with Crippen molar-refractivity contribution in [2.75, 3.05) is 10.9 Å². The highest BCUT2D eigenvalue weighted by Crippen LogP contribution is 2.31. The molecule has 242 valence electrons. The van der Waals surface area contributed by atoms with E-state index in [2.05, 4.69) is 31.0 Å². The monoisotopic (exact) mass is 684 g/mol. The van der Waals surface area contributed by atoms with Crippen molar-refractivity contribution in [1.82, 2.24) is 9.97 Å². The molecular formula is C32H24N6O8S2. The van der Waals surface area contributed by atoms with Crippen LogP contribution >= 0.6 is 0 Å². The SMILES string of the molecule is Cc1cc(-c2ccc(N/N=C3/C=C(S(=O)(=O)O)c4cccnc4C3=O)c(C)c2)ccc1N/N=C1/C=C(S(=O)(=O)O)c2cccnc2C1=O. The molecule has 0 saturated carbocycles. The van der Waals surface area contributed by atoms with E-state index in [1.165, 1.54) is 36.7 Å². The summed E-state index contributed by atoms with van der Waals surface area (Å²) in [6.45, 7) is 3.62. The van der Waals surface area contributed by atoms with Crippen LogP contribution in [-0.4, -0.2) is 58.9 Å². The van der Waals surface area contributed by atoms with E-state index < -0.39 is 41.6 Å². The molecule has 6 rings (SSSR count). The van der Waals surface area contributed by atoms with Gasteiger partial charge in [0.2, 0.25) is 11.6 Å². The lowest BCUT2D eigenvalue weighted by molar-refractivity contribution is 0.105. The van der Waals surface area contributed by atoms with E-state index in [0.29, 0.717) is 11.4 Å². The molecular weight excluding hydrogens is 661 g/mol. The van der Waals surface area contributed by atoms with Gasteiger partial charge in [-0.2, -0.15) is 27.0 Å². The fraction of sp³-hybridized carbons (Fsp3) is 0.0625. The minimum atomic E-state index is -4.66. The maximum Gasteiger partial charge on any atom is 0.295 e. The number of nitrogens with one attached hydrogen (secondary N) is 2. The van der Waals surface area contributed by atoms with Gasteiger partial charge < -0.3 is 0 Å². The number of pyridine rings is 2. The first-order valence-corrected chi connectivity index (χ1v) is 16.9. The number of carbonyl (C=O) groups excluding carboxylic acids is 2. The van der Waals surface area contributed by atoms with Gasteiger partial charge in [-0.25, -0.2) is 0 Å². The van der Waals surface area contributed by atoms with Crippen molar-refractivity contribution in [3.05, 3.63) is 119 Å². The number of anilines is 2. The molecule has 2 aromatic carbocycles. The highest BCUT2D eigenvalue weighted by Gasteiger charge is 2.32. The Morgan fingerprint density at radius 1 is 0.625 bits per heavy atom. The largest absolute Gasteiger partial charge is 0.295 e. The van der Waals surface area contributed by atoms with Gasteiger partial charge in [-0.05, 0) is 96.8 Å². The summed E-state index contributed by atoms with van der Waals surface area (Å²) in [4.78, 5) is 32.8. The smallest absolute Gasteiger partial charge is 0.285 e. The lowest BCUT2D eigenvalue weighted by Gasteiger charge is -2.16. The van der Waals surface area contributed by atoms with Crippen LogP contribution in [0, 0.1) is 13.8 Å². The van der Waals surface area contributed by atoms with Crippen molar-refractivity contribution in [2.24, 2.45) is 10.2 Å². The van der Waals surface area contributed by atoms with Crippen molar-refractivity contribution < 1.29 is 35.5 Å². The number of fused-ring (bicyclic) bond motifs is 2. The van der Waals surface area contributed by atoms with E-state index >= 15 is 0 Å². The molecule has 0 atom stereocenters. The van der Waals surface area contributed by atoms with E-state index in [9.17, 15) is 35.5 Å². The van der Waals surface area contributed by atoms with Gasteiger partial charge in [-0.15, -0.1) is 0 Å². The van der Waals surface area contributed by atoms with Crippen LogP contribution in [-0.2, 0) is 20.2 Å². The zero-order valence-electron chi connectivity index (χ0n) is 25.0. The first-order valence-electron chi connectivity index (χ1n) is 14.0. The summed E-state index contributed by atoms with van der Waals surface area (Å²) in [6, 6.07) is 16.5. The topological polar surface area (TPSA) is 217 Å². The molecule has 0 aliphatic heterocycles. The third kappa shape index (κ3) is 6.19. The van der Waals surface area contributed by atoms with E-state index in [1.807, 2.05) is 38.1 Å². The average Bonchev–Trinajstić information content (AvgIpc) is 3.04. The van der Waals surface area contributed by atoms with Gasteiger partial charge in [0.1, 0.15) is 32.6 Å². The Morgan fingerprint density at radius 3 is 1.38 bits per heavy atom. The number of benzene rings is 2. The molecule has 0 bridgehead atoms. The summed E-state index contributed by atoms with van der Waals surface area (Å²) in [5, 5.41) is 8.21. The van der Waals surface area contributed by atoms with Crippen LogP contribution in [0.5, 0.6) is 0 Å². The van der Waals surface area contributed by atoms with Gasteiger partial charge in [-0.1, -0.05) is 12.1 Å². The first-order chi connectivity index (χ1) is 22.7. The minimum absolute atomic E-state index is 0.0119. The van der Waals surface area contributed by atoms with E-state index in [-0.39, 0.29) is 33.9 Å². The fourth-order valence-corrected chi connectivity index (χ4v) is 6.53. The van der Waals surface area contributed by atoms with Crippen molar-refractivity contribution in [3.8, 4) is 11.1 Å². The minimum Gasteiger partial charge on any atom is -0.285 e. The molecule has 0 saturated heterocycles. The molecule has 0 spiro atoms. The van der Waals surface area contributed by atoms with Crippen molar-refractivity contribution in [2.45, 2.75) is 13.8 Å². The van der Waals surface area contributed by atoms with Crippen molar-refractivity contribution in [1.29, 1.82) is 0 Å². The number of hydrazone groups is 2. The highest BCUT2D eigenvalue weighted by molar-refractivity contribution is 7.95. The summed E-state index contributed by atoms with van der Waals surface area (Å²) in [5.41, 5.74) is 8.98. The van der Waals surface area contributed by atoms with Gasteiger partial charge in [0.15, 0.2) is 0 Å². The average molecular weight is 685 g/mol. The third-order valence-electron chi connectivity index (χ3n) is 7.51. The summed E-state index contributed by atoms with van der Waals surface area (Å²) < 4.78 is 67.3. The molecule has 0 unspecified atom stereocenters. The Hall–Kier alpha value is -5.68. The Kier molecular flexibility index (Phi) is 8.18. The quantitative estimate of drug-likeness (QED) is 0.156. The predicted molar refractivity (Wildman–Crippen MR) is 180 cm³/mol. The number of allylic oxidation sites excluding steroid dienone is 2. The van der Waals surface area contributed by atoms with Crippen LogP contribution in [0.15, 0.2) is 95.4 Å². The number of nitrogens with zero attached hydrogens (tertiary/aromatic N) is 4. The highest BCUT2D eigenvalue weighted by atomic mass is 32.2. The molecule has 16 heteroatoms. The number of hydrogen-bond acceptors (Lipinski definition) is 12. The Labute approximate surface area is 274 Å². The Bertz CT molecular complexity index is 2250. The first kappa shape index (κ1) is 32.3. The summed E-state index contributed by atoms with van der Waals surface area (Å²) in [6.07, 6.45) is 4.66. The van der Waals surface area contributed by atoms with E-state index in [4.69, 9.17) is 0 Å². The number of ketones is 2. The normalized spacial score (nSPS) is 16.2. The lowest BCUT2D eigenvalue weighted by atomic mass is 9.99. The number of Topliss-reactive ketones (excluding diaryl/α,β-unsaturated/α-hetero) is 2.